The zero-order valence-electron chi connectivity index (χ0n) is 23.0. The fourth-order valence-electron chi connectivity index (χ4n) is 3.63. The van der Waals surface area contributed by atoms with Gasteiger partial charge >= 0.3 is 0 Å². The molecule has 0 nitrogen and oxygen atoms in total. The SMILES string of the molecule is Cl.Cl.Cl.c1ccc(Pc2ccccc2)cc1.c1ccc(Pc2ccccc2)cc1.c1ccc(Pc2ccccc2)cc1. The Hall–Kier alpha value is -2.52. The van der Waals surface area contributed by atoms with Gasteiger partial charge in [-0.3, -0.25) is 0 Å². The van der Waals surface area contributed by atoms with E-state index in [4.69, 9.17) is 0 Å². The van der Waals surface area contributed by atoms with Crippen molar-refractivity contribution >= 4 is 94.8 Å². The average Bonchev–Trinajstić information content (AvgIpc) is 3.01. The molecule has 42 heavy (non-hydrogen) atoms. The van der Waals surface area contributed by atoms with Gasteiger partial charge in [0.1, 0.15) is 0 Å². The normalized spacial score (nSPS) is 9.14. The molecule has 0 spiro atoms. The van der Waals surface area contributed by atoms with E-state index in [0.29, 0.717) is 0 Å². The van der Waals surface area contributed by atoms with Crippen molar-refractivity contribution in [2.24, 2.45) is 0 Å². The molecule has 0 fully saturated rings. The molecule has 0 aromatic heterocycles. The van der Waals surface area contributed by atoms with Gasteiger partial charge in [0.25, 0.3) is 0 Å². The molecule has 6 aromatic carbocycles. The molecule has 0 unspecified atom stereocenters. The van der Waals surface area contributed by atoms with Crippen molar-refractivity contribution in [1.82, 2.24) is 0 Å². The van der Waals surface area contributed by atoms with Gasteiger partial charge in [0.15, 0.2) is 0 Å². The summed E-state index contributed by atoms with van der Waals surface area (Å²) in [5, 5.41) is 8.38. The van der Waals surface area contributed by atoms with Crippen molar-refractivity contribution in [3.63, 3.8) is 0 Å². The third kappa shape index (κ3) is 15.1. The lowest BCUT2D eigenvalue weighted by atomic mass is 10.4. The molecule has 0 N–H and O–H groups in total. The smallest absolute Gasteiger partial charge is 0.0226 e. The molecule has 0 aliphatic carbocycles. The fraction of sp³-hybridized carbons (Fsp3) is 0. The molecule has 6 heteroatoms. The molecule has 0 aliphatic heterocycles. The number of hydrogen-bond acceptors (Lipinski definition) is 0. The van der Waals surface area contributed by atoms with Crippen LogP contribution in [-0.2, 0) is 0 Å². The van der Waals surface area contributed by atoms with Crippen LogP contribution in [-0.4, -0.2) is 0 Å². The van der Waals surface area contributed by atoms with E-state index in [1.54, 1.807) is 0 Å². The second-order valence-electron chi connectivity index (χ2n) is 8.57. The van der Waals surface area contributed by atoms with Crippen LogP contribution in [0.15, 0.2) is 182 Å². The zero-order chi connectivity index (χ0) is 26.8. The molecule has 0 atom stereocenters. The number of hydrogen-bond donors (Lipinski definition) is 0. The maximum atomic E-state index is 2.17. The summed E-state index contributed by atoms with van der Waals surface area (Å²) in [7, 11) is 2.33. The topological polar surface area (TPSA) is 0 Å². The van der Waals surface area contributed by atoms with Crippen LogP contribution in [0.2, 0.25) is 0 Å². The molecule has 6 rings (SSSR count). The summed E-state index contributed by atoms with van der Waals surface area (Å²) in [5.74, 6) is 0. The van der Waals surface area contributed by atoms with Gasteiger partial charge < -0.3 is 0 Å². The maximum Gasteiger partial charge on any atom is -0.0226 e. The van der Waals surface area contributed by atoms with Gasteiger partial charge in [0.05, 0.1) is 0 Å². The van der Waals surface area contributed by atoms with Crippen LogP contribution in [0.25, 0.3) is 0 Å². The predicted molar refractivity (Wildman–Crippen MR) is 203 cm³/mol. The van der Waals surface area contributed by atoms with E-state index in [0.717, 1.165) is 25.7 Å². The summed E-state index contributed by atoms with van der Waals surface area (Å²) >= 11 is 0. The molecular formula is C36H36Cl3P3. The van der Waals surface area contributed by atoms with Gasteiger partial charge in [-0.15, -0.1) is 37.2 Å². The minimum Gasteiger partial charge on any atom is -0.147 e. The number of halogens is 3. The Bertz CT molecular complexity index is 1150. The lowest BCUT2D eigenvalue weighted by molar-refractivity contribution is 1.76. The van der Waals surface area contributed by atoms with Gasteiger partial charge in [0.2, 0.25) is 0 Å². The lowest BCUT2D eigenvalue weighted by Gasteiger charge is -2.00. The Morgan fingerprint density at radius 2 is 0.310 bits per heavy atom. The molecular weight excluding hydrogens is 632 g/mol. The number of benzene rings is 6. The summed E-state index contributed by atoms with van der Waals surface area (Å²) in [4.78, 5) is 0. The van der Waals surface area contributed by atoms with Crippen LogP contribution in [0.3, 0.4) is 0 Å². The summed E-state index contributed by atoms with van der Waals surface area (Å²) < 4.78 is 0. The maximum absolute atomic E-state index is 2.17. The first-order valence-corrected chi connectivity index (χ1v) is 16.0. The Morgan fingerprint density at radius 1 is 0.190 bits per heavy atom. The molecule has 216 valence electrons. The molecule has 0 amide bonds. The third-order valence-corrected chi connectivity index (χ3v) is 9.24. The quantitative estimate of drug-likeness (QED) is 0.157. The van der Waals surface area contributed by atoms with Crippen LogP contribution in [0.1, 0.15) is 0 Å². The number of rotatable bonds is 6. The first kappa shape index (κ1) is 37.5. The van der Waals surface area contributed by atoms with E-state index >= 15 is 0 Å². The zero-order valence-corrected chi connectivity index (χ0v) is 28.5. The van der Waals surface area contributed by atoms with E-state index in [-0.39, 0.29) is 37.2 Å². The highest BCUT2D eigenvalue weighted by atomic mass is 35.5. The highest BCUT2D eigenvalue weighted by Gasteiger charge is 1.94. The van der Waals surface area contributed by atoms with Crippen LogP contribution < -0.4 is 31.8 Å². The predicted octanol–water partition coefficient (Wildman–Crippen LogP) is 8.21. The van der Waals surface area contributed by atoms with Gasteiger partial charge in [-0.05, 0) is 31.8 Å². The van der Waals surface area contributed by atoms with Crippen molar-refractivity contribution < 1.29 is 0 Å². The van der Waals surface area contributed by atoms with Crippen molar-refractivity contribution in [2.45, 2.75) is 0 Å². The standard InChI is InChI=1S/3C12H11P.3ClH/c3*1-3-7-11(8-4-1)13-12-9-5-2-6-10-12;;;/h3*1-10,13H;3*1H. The molecule has 0 bridgehead atoms. The van der Waals surface area contributed by atoms with Gasteiger partial charge in [0, 0.05) is 0 Å². The average molecular weight is 668 g/mol. The summed E-state index contributed by atoms with van der Waals surface area (Å²) in [6.45, 7) is 0. The van der Waals surface area contributed by atoms with E-state index in [2.05, 4.69) is 182 Å². The first-order valence-electron chi connectivity index (χ1n) is 13.0. The second kappa shape index (κ2) is 23.0. The van der Waals surface area contributed by atoms with Crippen molar-refractivity contribution in [3.8, 4) is 0 Å². The van der Waals surface area contributed by atoms with Crippen LogP contribution in [0.4, 0.5) is 0 Å². The van der Waals surface area contributed by atoms with Crippen molar-refractivity contribution in [1.29, 1.82) is 0 Å². The van der Waals surface area contributed by atoms with Crippen LogP contribution in [0.5, 0.6) is 0 Å². The van der Waals surface area contributed by atoms with Gasteiger partial charge in [-0.1, -0.05) is 208 Å². The Morgan fingerprint density at radius 3 is 0.429 bits per heavy atom. The summed E-state index contributed by atoms with van der Waals surface area (Å²) in [6, 6.07) is 63.5. The first-order chi connectivity index (χ1) is 19.3. The molecule has 6 aromatic rings. The largest absolute Gasteiger partial charge is 0.147 e. The van der Waals surface area contributed by atoms with E-state index < -0.39 is 0 Å². The molecule has 0 saturated heterocycles. The highest BCUT2D eigenvalue weighted by Crippen LogP contribution is 2.10. The minimum atomic E-state index is 0. The van der Waals surface area contributed by atoms with E-state index in [9.17, 15) is 0 Å². The fourth-order valence-corrected chi connectivity index (χ4v) is 6.78. The Labute approximate surface area is 275 Å². The molecule has 0 saturated carbocycles. The van der Waals surface area contributed by atoms with E-state index in [1.165, 1.54) is 31.8 Å². The van der Waals surface area contributed by atoms with Crippen molar-refractivity contribution in [3.05, 3.63) is 182 Å². The second-order valence-corrected chi connectivity index (χ2v) is 12.8. The molecule has 0 aliphatic rings. The Balaban J connectivity index is 0.000000304. The van der Waals surface area contributed by atoms with Crippen LogP contribution in [0, 0.1) is 0 Å². The Kier molecular flexibility index (Phi) is 20.5. The highest BCUT2D eigenvalue weighted by molar-refractivity contribution is 7.56. The van der Waals surface area contributed by atoms with E-state index in [1.807, 2.05) is 0 Å². The minimum absolute atomic E-state index is 0. The van der Waals surface area contributed by atoms with Gasteiger partial charge in [-0.25, -0.2) is 0 Å². The van der Waals surface area contributed by atoms with Crippen molar-refractivity contribution in [2.75, 3.05) is 0 Å². The molecule has 0 radical (unpaired) electrons. The third-order valence-electron chi connectivity index (χ3n) is 5.51. The van der Waals surface area contributed by atoms with Crippen LogP contribution >= 0.6 is 63.0 Å². The molecule has 0 heterocycles. The monoisotopic (exact) mass is 666 g/mol. The summed E-state index contributed by atoms with van der Waals surface area (Å²) in [6.07, 6.45) is 0. The summed E-state index contributed by atoms with van der Waals surface area (Å²) in [5.41, 5.74) is 0. The van der Waals surface area contributed by atoms with Gasteiger partial charge in [-0.2, -0.15) is 0 Å². The lowest BCUT2D eigenvalue weighted by Crippen LogP contribution is -2.01.